The highest BCUT2D eigenvalue weighted by molar-refractivity contribution is 4.99. The average Bonchev–Trinajstić information content (AvgIpc) is 2.67. The average molecular weight is 253 g/mol. The van der Waals surface area contributed by atoms with Crippen LogP contribution in [0.2, 0.25) is 0 Å². The summed E-state index contributed by atoms with van der Waals surface area (Å²) < 4.78 is 0. The van der Waals surface area contributed by atoms with Crippen LogP contribution in [0.5, 0.6) is 0 Å². The van der Waals surface area contributed by atoms with Crippen LogP contribution in [0.15, 0.2) is 0 Å². The molecule has 1 unspecified atom stereocenters. The van der Waals surface area contributed by atoms with Gasteiger partial charge in [-0.25, -0.2) is 0 Å². The molecule has 0 aromatic heterocycles. The van der Waals surface area contributed by atoms with Crippen LogP contribution in [0.3, 0.4) is 0 Å². The summed E-state index contributed by atoms with van der Waals surface area (Å²) in [6.07, 6.45) is 5.59. The molecule has 3 heteroatoms. The second-order valence-corrected chi connectivity index (χ2v) is 6.93. The monoisotopic (exact) mass is 253 g/mol. The van der Waals surface area contributed by atoms with E-state index >= 15 is 0 Å². The van der Waals surface area contributed by atoms with Crippen molar-refractivity contribution < 1.29 is 0 Å². The van der Waals surface area contributed by atoms with Gasteiger partial charge in [0.2, 0.25) is 0 Å². The van der Waals surface area contributed by atoms with E-state index in [0.29, 0.717) is 11.6 Å². The van der Waals surface area contributed by atoms with E-state index in [4.69, 9.17) is 0 Å². The van der Waals surface area contributed by atoms with Gasteiger partial charge in [-0.3, -0.25) is 0 Å². The van der Waals surface area contributed by atoms with E-state index in [1.807, 2.05) is 0 Å². The molecule has 0 amide bonds. The van der Waals surface area contributed by atoms with Gasteiger partial charge in [-0.2, -0.15) is 0 Å². The lowest BCUT2D eigenvalue weighted by Gasteiger charge is -2.49. The van der Waals surface area contributed by atoms with Crippen molar-refractivity contribution >= 4 is 0 Å². The minimum Gasteiger partial charge on any atom is -0.314 e. The standard InChI is InChI=1S/C15H31N3/c1-13(2)16-10-14-6-9-18(11-14)12-15(17(3)4)7-5-8-15/h13-14,16H,5-12H2,1-4H3. The van der Waals surface area contributed by atoms with Crippen molar-refractivity contribution in [1.29, 1.82) is 0 Å². The molecule has 0 aromatic rings. The highest BCUT2D eigenvalue weighted by Gasteiger charge is 2.41. The number of nitrogens with zero attached hydrogens (tertiary/aromatic N) is 2. The van der Waals surface area contributed by atoms with E-state index in [2.05, 4.69) is 43.1 Å². The van der Waals surface area contributed by atoms with Crippen molar-refractivity contribution in [3.8, 4) is 0 Å². The molecule has 0 bridgehead atoms. The SMILES string of the molecule is CC(C)NCC1CCN(CC2(N(C)C)CCC2)C1. The third kappa shape index (κ3) is 3.25. The van der Waals surface area contributed by atoms with Crippen molar-refractivity contribution in [2.75, 3.05) is 40.3 Å². The Hall–Kier alpha value is -0.120. The molecule has 1 heterocycles. The zero-order valence-electron chi connectivity index (χ0n) is 12.7. The first-order valence-corrected chi connectivity index (χ1v) is 7.65. The largest absolute Gasteiger partial charge is 0.314 e. The van der Waals surface area contributed by atoms with Gasteiger partial charge >= 0.3 is 0 Å². The van der Waals surface area contributed by atoms with Crippen LogP contribution < -0.4 is 5.32 Å². The molecule has 1 saturated heterocycles. The summed E-state index contributed by atoms with van der Waals surface area (Å²) in [4.78, 5) is 5.17. The lowest BCUT2D eigenvalue weighted by atomic mass is 9.75. The van der Waals surface area contributed by atoms with Crippen molar-refractivity contribution in [2.24, 2.45) is 5.92 Å². The van der Waals surface area contributed by atoms with Crippen LogP contribution in [-0.4, -0.2) is 61.7 Å². The van der Waals surface area contributed by atoms with E-state index in [9.17, 15) is 0 Å². The number of nitrogens with one attached hydrogen (secondary N) is 1. The van der Waals surface area contributed by atoms with Gasteiger partial charge in [0.15, 0.2) is 0 Å². The van der Waals surface area contributed by atoms with Crippen LogP contribution >= 0.6 is 0 Å². The zero-order valence-corrected chi connectivity index (χ0v) is 12.7. The van der Waals surface area contributed by atoms with Crippen LogP contribution in [-0.2, 0) is 0 Å². The number of rotatable bonds is 6. The molecule has 18 heavy (non-hydrogen) atoms. The predicted molar refractivity (Wildman–Crippen MR) is 78.0 cm³/mol. The zero-order chi connectivity index (χ0) is 13.2. The Bertz CT molecular complexity index is 258. The van der Waals surface area contributed by atoms with Crippen molar-refractivity contribution in [3.63, 3.8) is 0 Å². The smallest absolute Gasteiger partial charge is 0.0330 e. The topological polar surface area (TPSA) is 18.5 Å². The fourth-order valence-electron chi connectivity index (χ4n) is 3.37. The fraction of sp³-hybridized carbons (Fsp3) is 1.00. The van der Waals surface area contributed by atoms with Gasteiger partial charge in [0, 0.05) is 24.7 Å². The molecule has 2 aliphatic rings. The van der Waals surface area contributed by atoms with Gasteiger partial charge in [-0.15, -0.1) is 0 Å². The highest BCUT2D eigenvalue weighted by atomic mass is 15.2. The molecule has 2 fully saturated rings. The molecule has 1 aliphatic heterocycles. The summed E-state index contributed by atoms with van der Waals surface area (Å²) >= 11 is 0. The molecule has 0 spiro atoms. The van der Waals surface area contributed by atoms with E-state index in [-0.39, 0.29) is 0 Å². The molecule has 0 radical (unpaired) electrons. The Morgan fingerprint density at radius 1 is 1.33 bits per heavy atom. The number of hydrogen-bond acceptors (Lipinski definition) is 3. The van der Waals surface area contributed by atoms with Crippen molar-refractivity contribution in [2.45, 2.75) is 51.1 Å². The van der Waals surface area contributed by atoms with Crippen LogP contribution in [0.4, 0.5) is 0 Å². The second-order valence-electron chi connectivity index (χ2n) is 6.93. The molecular formula is C15H31N3. The third-order valence-corrected chi connectivity index (χ3v) is 4.94. The summed E-state index contributed by atoms with van der Waals surface area (Å²) in [5.74, 6) is 0.867. The highest BCUT2D eigenvalue weighted by Crippen LogP contribution is 2.37. The number of hydrogen-bond donors (Lipinski definition) is 1. The van der Waals surface area contributed by atoms with Gasteiger partial charge in [0.25, 0.3) is 0 Å². The number of likely N-dealkylation sites (N-methyl/N-ethyl adjacent to an activating group) is 1. The maximum Gasteiger partial charge on any atom is 0.0330 e. The Labute approximate surface area is 113 Å². The van der Waals surface area contributed by atoms with Crippen LogP contribution in [0.25, 0.3) is 0 Å². The van der Waals surface area contributed by atoms with Crippen molar-refractivity contribution in [1.82, 2.24) is 15.1 Å². The van der Waals surface area contributed by atoms with Crippen LogP contribution in [0, 0.1) is 5.92 Å². The quantitative estimate of drug-likeness (QED) is 0.778. The summed E-state index contributed by atoms with van der Waals surface area (Å²) in [7, 11) is 4.51. The third-order valence-electron chi connectivity index (χ3n) is 4.94. The first-order valence-electron chi connectivity index (χ1n) is 7.65. The molecule has 1 aliphatic carbocycles. The molecule has 1 atom stereocenters. The molecular weight excluding hydrogens is 222 g/mol. The van der Waals surface area contributed by atoms with Gasteiger partial charge in [0.05, 0.1) is 0 Å². The van der Waals surface area contributed by atoms with E-state index in [0.717, 1.165) is 5.92 Å². The maximum absolute atomic E-state index is 3.58. The predicted octanol–water partition coefficient (Wildman–Crippen LogP) is 1.79. The summed E-state index contributed by atoms with van der Waals surface area (Å²) in [5.41, 5.74) is 0.500. The maximum atomic E-state index is 3.58. The Balaban J connectivity index is 1.75. The summed E-state index contributed by atoms with van der Waals surface area (Å²) in [6.45, 7) is 9.57. The lowest BCUT2D eigenvalue weighted by molar-refractivity contribution is 0.0262. The van der Waals surface area contributed by atoms with Crippen LogP contribution in [0.1, 0.15) is 39.5 Å². The van der Waals surface area contributed by atoms with Gasteiger partial charge < -0.3 is 15.1 Å². The Kier molecular flexibility index (Phi) is 4.68. The summed E-state index contributed by atoms with van der Waals surface area (Å²) in [5, 5.41) is 3.58. The van der Waals surface area contributed by atoms with Gasteiger partial charge in [0.1, 0.15) is 0 Å². The lowest BCUT2D eigenvalue weighted by Crippen LogP contribution is -2.57. The first-order chi connectivity index (χ1) is 8.52. The molecule has 2 rings (SSSR count). The number of likely N-dealkylation sites (tertiary alicyclic amines) is 1. The van der Waals surface area contributed by atoms with Gasteiger partial charge in [-0.1, -0.05) is 13.8 Å². The minimum atomic E-state index is 0.500. The second kappa shape index (κ2) is 5.89. The van der Waals surface area contributed by atoms with Crippen molar-refractivity contribution in [3.05, 3.63) is 0 Å². The molecule has 0 aromatic carbocycles. The van der Waals surface area contributed by atoms with E-state index < -0.39 is 0 Å². The normalized spacial score (nSPS) is 28.0. The molecule has 1 N–H and O–H groups in total. The summed E-state index contributed by atoms with van der Waals surface area (Å²) in [6, 6.07) is 0.624. The Morgan fingerprint density at radius 2 is 2.06 bits per heavy atom. The fourth-order valence-corrected chi connectivity index (χ4v) is 3.37. The molecule has 1 saturated carbocycles. The van der Waals surface area contributed by atoms with Gasteiger partial charge in [-0.05, 0) is 58.8 Å². The first kappa shape index (κ1) is 14.3. The molecule has 106 valence electrons. The molecule has 3 nitrogen and oxygen atoms in total. The minimum absolute atomic E-state index is 0.500. The van der Waals surface area contributed by atoms with E-state index in [1.54, 1.807) is 0 Å². The Morgan fingerprint density at radius 3 is 2.56 bits per heavy atom. The van der Waals surface area contributed by atoms with E-state index in [1.165, 1.54) is 51.9 Å².